The quantitative estimate of drug-likeness (QED) is 0.121. The Morgan fingerprint density at radius 2 is 1.81 bits per heavy atom. The first-order chi connectivity index (χ1) is 23.2. The lowest BCUT2D eigenvalue weighted by Crippen LogP contribution is -2.41. The van der Waals surface area contributed by atoms with Crippen molar-refractivity contribution >= 4 is 35.8 Å². The summed E-state index contributed by atoms with van der Waals surface area (Å²) in [5.74, 6) is 2.10. The fourth-order valence-electron chi connectivity index (χ4n) is 6.32. The van der Waals surface area contributed by atoms with E-state index in [-0.39, 0.29) is 24.4 Å². The number of nitrogens with zero attached hydrogens (tertiary/aromatic N) is 6. The largest absolute Gasteiger partial charge is 0.487 e. The molecular formula is C35H50ClN8O4+. The first kappa shape index (κ1) is 35.6. The molecule has 3 heterocycles. The summed E-state index contributed by atoms with van der Waals surface area (Å²) < 4.78 is 28.0. The Labute approximate surface area is 288 Å². The second kappa shape index (κ2) is 17.1. The number of morpholine rings is 1. The Kier molecular flexibility index (Phi) is 12.7. The molecule has 2 fully saturated rings. The summed E-state index contributed by atoms with van der Waals surface area (Å²) in [5.41, 5.74) is 7.80. The van der Waals surface area contributed by atoms with Gasteiger partial charge < -0.3 is 30.0 Å². The van der Waals surface area contributed by atoms with Crippen molar-refractivity contribution in [2.75, 3.05) is 38.7 Å². The van der Waals surface area contributed by atoms with Gasteiger partial charge in [0.15, 0.2) is 13.1 Å². The molecule has 2 aliphatic rings. The topological polar surface area (TPSA) is 134 Å². The molecule has 1 saturated heterocycles. The lowest BCUT2D eigenvalue weighted by Gasteiger charge is -2.28. The number of aliphatic imine (C=N–C) groups is 1. The van der Waals surface area contributed by atoms with Crippen LogP contribution in [0.4, 0.5) is 11.6 Å². The van der Waals surface area contributed by atoms with Gasteiger partial charge in [-0.15, -0.1) is 5.10 Å². The second-order valence-electron chi connectivity index (χ2n) is 13.0. The Morgan fingerprint density at radius 3 is 2.50 bits per heavy atom. The number of hydrogen-bond donors (Lipinski definition) is 2. The first-order valence-corrected chi connectivity index (χ1v) is 17.3. The van der Waals surface area contributed by atoms with Crippen molar-refractivity contribution in [2.45, 2.75) is 90.3 Å². The molecule has 0 amide bonds. The SMILES string of the molecule is COCCC(C)Oc1nn(C2CCC(C=[N+]3C[C@@H](C)O[C@@H](C)C3)CC2)cc1Nc1ncc(-c2ccc(Cl)c(O[C@@H](C)CN=CN)c2)cn1. The number of ether oxygens (including phenoxy) is 4. The third-order valence-electron chi connectivity index (χ3n) is 8.68. The highest BCUT2D eigenvalue weighted by atomic mass is 35.5. The van der Waals surface area contributed by atoms with Crippen LogP contribution in [0.1, 0.15) is 65.8 Å². The molecule has 5 rings (SSSR count). The smallest absolute Gasteiger partial charge is 0.257 e. The molecule has 0 radical (unpaired) electrons. The fraction of sp³-hybridized carbons (Fsp3) is 0.571. The van der Waals surface area contributed by atoms with E-state index in [4.69, 9.17) is 41.4 Å². The van der Waals surface area contributed by atoms with Gasteiger partial charge in [-0.25, -0.2) is 14.5 Å². The van der Waals surface area contributed by atoms with Gasteiger partial charge in [-0.3, -0.25) is 9.67 Å². The predicted molar refractivity (Wildman–Crippen MR) is 189 cm³/mol. The maximum absolute atomic E-state index is 6.41. The van der Waals surface area contributed by atoms with Gasteiger partial charge in [0.05, 0.1) is 36.2 Å². The van der Waals surface area contributed by atoms with Crippen LogP contribution in [0.15, 0.2) is 41.8 Å². The van der Waals surface area contributed by atoms with Crippen LogP contribution in [0.25, 0.3) is 11.1 Å². The van der Waals surface area contributed by atoms with Gasteiger partial charge in [0.2, 0.25) is 5.95 Å². The summed E-state index contributed by atoms with van der Waals surface area (Å²) in [7, 11) is 1.69. The normalized spacial score (nSPS) is 23.7. The molecule has 0 bridgehead atoms. The minimum atomic E-state index is -0.189. The predicted octanol–water partition coefficient (Wildman–Crippen LogP) is 5.92. The molecule has 3 aromatic rings. The Hall–Kier alpha value is -3.74. The number of hydrogen-bond acceptors (Lipinski definition) is 9. The standard InChI is InChI=1S/C35H50ClN8O4/c1-23(12-13-45-5)48-34-32(21-44(42-34)30-9-6-27(7-10-30)20-43-18-25(3)46-26(4)19-43)41-35-39-16-29(17-40-35)28-8-11-31(36)33(14-28)47-24(2)15-38-22-37/h8,11,14,16-17,20-27,30H,6-7,9-10,12-13,15,18-19H2,1-5H3,(H2,37,38)(H,39,40,41)/q+1/t23?,24-,25-,26+,27?,30?/m0/s1. The van der Waals surface area contributed by atoms with Crippen LogP contribution in [-0.4, -0.2) is 94.6 Å². The zero-order valence-corrected chi connectivity index (χ0v) is 29.5. The lowest BCUT2D eigenvalue weighted by molar-refractivity contribution is -0.564. The van der Waals surface area contributed by atoms with Gasteiger partial charge in [-0.1, -0.05) is 17.7 Å². The molecule has 4 atom stereocenters. The molecule has 1 unspecified atom stereocenters. The number of methoxy groups -OCH3 is 1. The maximum atomic E-state index is 6.41. The van der Waals surface area contributed by atoms with Crippen molar-refractivity contribution in [2.24, 2.45) is 16.6 Å². The summed E-state index contributed by atoms with van der Waals surface area (Å²) in [6, 6.07) is 5.88. The number of aromatic nitrogens is 4. The van der Waals surface area contributed by atoms with E-state index in [9.17, 15) is 0 Å². The molecule has 13 heteroatoms. The fourth-order valence-corrected chi connectivity index (χ4v) is 6.48. The number of nitrogens with one attached hydrogen (secondary N) is 1. The van der Waals surface area contributed by atoms with E-state index in [0.29, 0.717) is 47.7 Å². The van der Waals surface area contributed by atoms with Crippen LogP contribution in [0.2, 0.25) is 5.02 Å². The zero-order chi connectivity index (χ0) is 34.0. The monoisotopic (exact) mass is 681 g/mol. The van der Waals surface area contributed by atoms with Gasteiger partial charge in [0, 0.05) is 44.0 Å². The summed E-state index contributed by atoms with van der Waals surface area (Å²) >= 11 is 6.41. The molecule has 3 N–H and O–H groups in total. The highest BCUT2D eigenvalue weighted by Crippen LogP contribution is 2.36. The third kappa shape index (κ3) is 9.90. The van der Waals surface area contributed by atoms with Crippen molar-refractivity contribution < 1.29 is 23.5 Å². The van der Waals surface area contributed by atoms with Crippen LogP contribution in [0.3, 0.4) is 0 Å². The van der Waals surface area contributed by atoms with E-state index in [1.807, 2.05) is 32.2 Å². The van der Waals surface area contributed by atoms with Gasteiger partial charge in [-0.05, 0) is 71.1 Å². The molecule has 1 saturated carbocycles. The highest BCUT2D eigenvalue weighted by Gasteiger charge is 2.29. The van der Waals surface area contributed by atoms with Crippen molar-refractivity contribution in [3.05, 3.63) is 41.8 Å². The second-order valence-corrected chi connectivity index (χ2v) is 13.4. The third-order valence-corrected chi connectivity index (χ3v) is 9.00. The minimum absolute atomic E-state index is 0.0769. The number of anilines is 2. The van der Waals surface area contributed by atoms with Crippen LogP contribution in [0.5, 0.6) is 11.6 Å². The van der Waals surface area contributed by atoms with Crippen LogP contribution >= 0.6 is 11.6 Å². The summed E-state index contributed by atoms with van der Waals surface area (Å²) in [4.78, 5) is 13.3. The molecule has 0 spiro atoms. The molecule has 12 nitrogen and oxygen atoms in total. The van der Waals surface area contributed by atoms with E-state index in [2.05, 4.69) is 49.6 Å². The average molecular weight is 682 g/mol. The van der Waals surface area contributed by atoms with Gasteiger partial charge in [-0.2, -0.15) is 0 Å². The van der Waals surface area contributed by atoms with E-state index in [1.165, 1.54) is 6.34 Å². The molecule has 1 aromatic carbocycles. The maximum Gasteiger partial charge on any atom is 0.257 e. The van der Waals surface area contributed by atoms with Crippen LogP contribution in [0, 0.1) is 5.92 Å². The Bertz CT molecular complexity index is 1510. The summed E-state index contributed by atoms with van der Waals surface area (Å²) in [5, 5.41) is 8.79. The van der Waals surface area contributed by atoms with Crippen LogP contribution < -0.4 is 20.5 Å². The number of rotatable bonds is 14. The van der Waals surface area contributed by atoms with Gasteiger partial charge in [0.25, 0.3) is 5.88 Å². The molecule has 48 heavy (non-hydrogen) atoms. The molecule has 2 aromatic heterocycles. The molecule has 1 aliphatic carbocycles. The molecular weight excluding hydrogens is 632 g/mol. The summed E-state index contributed by atoms with van der Waals surface area (Å²) in [6.07, 6.45) is 14.6. The van der Waals surface area contributed by atoms with Crippen LogP contribution in [-0.2, 0) is 9.47 Å². The number of nitrogens with two attached hydrogens (primary N) is 1. The van der Waals surface area contributed by atoms with Crippen molar-refractivity contribution in [1.82, 2.24) is 19.7 Å². The van der Waals surface area contributed by atoms with E-state index < -0.39 is 0 Å². The summed E-state index contributed by atoms with van der Waals surface area (Å²) in [6.45, 7) is 11.2. The number of benzene rings is 1. The van der Waals surface area contributed by atoms with Gasteiger partial charge in [0.1, 0.15) is 36.0 Å². The Morgan fingerprint density at radius 1 is 1.08 bits per heavy atom. The van der Waals surface area contributed by atoms with Crippen molar-refractivity contribution in [1.29, 1.82) is 0 Å². The number of halogens is 1. The zero-order valence-electron chi connectivity index (χ0n) is 28.7. The Balaban J connectivity index is 1.27. The highest BCUT2D eigenvalue weighted by molar-refractivity contribution is 6.32. The first-order valence-electron chi connectivity index (χ1n) is 17.0. The van der Waals surface area contributed by atoms with Crippen molar-refractivity contribution in [3.8, 4) is 22.8 Å². The molecule has 260 valence electrons. The van der Waals surface area contributed by atoms with E-state index >= 15 is 0 Å². The van der Waals surface area contributed by atoms with E-state index in [0.717, 1.165) is 62.0 Å². The minimum Gasteiger partial charge on any atom is -0.487 e. The average Bonchev–Trinajstić information content (AvgIpc) is 3.45. The molecule has 1 aliphatic heterocycles. The van der Waals surface area contributed by atoms with Gasteiger partial charge >= 0.3 is 0 Å². The lowest BCUT2D eigenvalue weighted by atomic mass is 9.86. The van der Waals surface area contributed by atoms with E-state index in [1.54, 1.807) is 25.6 Å². The van der Waals surface area contributed by atoms with Crippen molar-refractivity contribution in [3.63, 3.8) is 0 Å².